The zero-order chi connectivity index (χ0) is 11.7. The van der Waals surface area contributed by atoms with Crippen molar-refractivity contribution in [2.45, 2.75) is 45.1 Å². The topological polar surface area (TPSA) is 66.5 Å². The summed E-state index contributed by atoms with van der Waals surface area (Å²) in [6.07, 6.45) is 8.04. The number of hydrogen-bond donors (Lipinski definition) is 2. The molecule has 0 bridgehead atoms. The maximum atomic E-state index is 4.32. The molecule has 5 nitrogen and oxygen atoms in total. The molecule has 90 valence electrons. The molecular formula is C12H17N5. The van der Waals surface area contributed by atoms with Crippen molar-refractivity contribution in [3.8, 4) is 0 Å². The van der Waals surface area contributed by atoms with Crippen LogP contribution in [0.25, 0.3) is 11.2 Å². The Labute approximate surface area is 100 Å². The molecule has 2 heterocycles. The first-order chi connectivity index (χ1) is 8.33. The molecule has 0 atom stereocenters. The number of rotatable bonds is 2. The fraction of sp³-hybridized carbons (Fsp3) is 0.583. The van der Waals surface area contributed by atoms with Crippen LogP contribution in [0, 0.1) is 6.92 Å². The second-order valence-electron chi connectivity index (χ2n) is 4.72. The molecule has 5 heteroatoms. The molecule has 17 heavy (non-hydrogen) atoms. The summed E-state index contributed by atoms with van der Waals surface area (Å²) < 4.78 is 0. The minimum Gasteiger partial charge on any atom is -0.365 e. The van der Waals surface area contributed by atoms with Crippen molar-refractivity contribution < 1.29 is 0 Å². The van der Waals surface area contributed by atoms with Crippen LogP contribution in [0.3, 0.4) is 0 Å². The highest BCUT2D eigenvalue weighted by atomic mass is 15.1. The lowest BCUT2D eigenvalue weighted by atomic mass is 9.95. The Balaban J connectivity index is 1.88. The van der Waals surface area contributed by atoms with Gasteiger partial charge in [-0.2, -0.15) is 0 Å². The number of aryl methyl sites for hydroxylation is 1. The number of hydrogen-bond acceptors (Lipinski definition) is 4. The van der Waals surface area contributed by atoms with Gasteiger partial charge in [-0.3, -0.25) is 0 Å². The van der Waals surface area contributed by atoms with Gasteiger partial charge in [0.15, 0.2) is 11.5 Å². The van der Waals surface area contributed by atoms with Crippen LogP contribution in [0.1, 0.15) is 37.9 Å². The average Bonchev–Trinajstić information content (AvgIpc) is 2.72. The van der Waals surface area contributed by atoms with Gasteiger partial charge in [0.25, 0.3) is 0 Å². The van der Waals surface area contributed by atoms with Gasteiger partial charge >= 0.3 is 0 Å². The van der Waals surface area contributed by atoms with E-state index in [1.54, 1.807) is 6.33 Å². The highest BCUT2D eigenvalue weighted by Crippen LogP contribution is 2.23. The van der Waals surface area contributed by atoms with Crippen molar-refractivity contribution >= 4 is 17.0 Å². The van der Waals surface area contributed by atoms with Crippen LogP contribution in [-0.2, 0) is 0 Å². The number of H-pyrrole nitrogens is 1. The van der Waals surface area contributed by atoms with Gasteiger partial charge < -0.3 is 10.3 Å². The summed E-state index contributed by atoms with van der Waals surface area (Å²) in [6, 6.07) is 0.547. The molecule has 0 amide bonds. The molecule has 0 saturated heterocycles. The van der Waals surface area contributed by atoms with Crippen LogP contribution in [0.4, 0.5) is 5.82 Å². The number of fused-ring (bicyclic) bond motifs is 1. The normalized spacial score (nSPS) is 17.5. The third kappa shape index (κ3) is 2.09. The molecular weight excluding hydrogens is 214 g/mol. The summed E-state index contributed by atoms with van der Waals surface area (Å²) in [5, 5.41) is 3.51. The van der Waals surface area contributed by atoms with E-state index >= 15 is 0 Å². The number of aromatic amines is 1. The second kappa shape index (κ2) is 4.31. The van der Waals surface area contributed by atoms with E-state index in [4.69, 9.17) is 0 Å². The zero-order valence-corrected chi connectivity index (χ0v) is 10.0. The van der Waals surface area contributed by atoms with E-state index in [-0.39, 0.29) is 0 Å². The number of anilines is 1. The molecule has 0 unspecified atom stereocenters. The predicted molar refractivity (Wildman–Crippen MR) is 66.9 cm³/mol. The SMILES string of the molecule is Cc1nc2ncnc(NC3CCCCC3)c2[nH]1. The first-order valence-electron chi connectivity index (χ1n) is 6.27. The summed E-state index contributed by atoms with van der Waals surface area (Å²) >= 11 is 0. The van der Waals surface area contributed by atoms with Crippen LogP contribution in [0.5, 0.6) is 0 Å². The molecule has 3 rings (SSSR count). The molecule has 0 radical (unpaired) electrons. The Morgan fingerprint density at radius 2 is 2.06 bits per heavy atom. The van der Waals surface area contributed by atoms with Crippen LogP contribution >= 0.6 is 0 Å². The molecule has 1 aliphatic carbocycles. The third-order valence-electron chi connectivity index (χ3n) is 3.35. The van der Waals surface area contributed by atoms with Gasteiger partial charge in [-0.15, -0.1) is 0 Å². The quantitative estimate of drug-likeness (QED) is 0.833. The monoisotopic (exact) mass is 231 g/mol. The first kappa shape index (κ1) is 10.5. The van der Waals surface area contributed by atoms with Crippen molar-refractivity contribution in [2.75, 3.05) is 5.32 Å². The fourth-order valence-corrected chi connectivity index (χ4v) is 2.49. The van der Waals surface area contributed by atoms with Crippen LogP contribution in [0.15, 0.2) is 6.33 Å². The fourth-order valence-electron chi connectivity index (χ4n) is 2.49. The minimum atomic E-state index is 0.547. The van der Waals surface area contributed by atoms with E-state index in [2.05, 4.69) is 25.3 Å². The lowest BCUT2D eigenvalue weighted by Gasteiger charge is -2.23. The van der Waals surface area contributed by atoms with Crippen molar-refractivity contribution in [3.63, 3.8) is 0 Å². The van der Waals surface area contributed by atoms with Gasteiger partial charge in [-0.1, -0.05) is 19.3 Å². The second-order valence-corrected chi connectivity index (χ2v) is 4.72. The molecule has 2 N–H and O–H groups in total. The maximum absolute atomic E-state index is 4.32. The van der Waals surface area contributed by atoms with Crippen molar-refractivity contribution in [1.82, 2.24) is 19.9 Å². The average molecular weight is 231 g/mol. The van der Waals surface area contributed by atoms with Gasteiger partial charge in [-0.05, 0) is 19.8 Å². The maximum Gasteiger partial charge on any atom is 0.183 e. The van der Waals surface area contributed by atoms with E-state index < -0.39 is 0 Å². The molecule has 1 aliphatic rings. The zero-order valence-electron chi connectivity index (χ0n) is 10.0. The van der Waals surface area contributed by atoms with Crippen LogP contribution in [-0.4, -0.2) is 26.0 Å². The highest BCUT2D eigenvalue weighted by molar-refractivity contribution is 5.82. The van der Waals surface area contributed by atoms with Gasteiger partial charge in [-0.25, -0.2) is 15.0 Å². The smallest absolute Gasteiger partial charge is 0.183 e. The molecule has 0 aromatic carbocycles. The lowest BCUT2D eigenvalue weighted by Crippen LogP contribution is -2.23. The van der Waals surface area contributed by atoms with Crippen LogP contribution in [0.2, 0.25) is 0 Å². The summed E-state index contributed by atoms with van der Waals surface area (Å²) in [5.74, 6) is 1.77. The first-order valence-corrected chi connectivity index (χ1v) is 6.27. The van der Waals surface area contributed by atoms with E-state index in [1.165, 1.54) is 32.1 Å². The van der Waals surface area contributed by atoms with Crippen molar-refractivity contribution in [3.05, 3.63) is 12.2 Å². The Kier molecular flexibility index (Phi) is 2.66. The molecule has 1 fully saturated rings. The van der Waals surface area contributed by atoms with Crippen LogP contribution < -0.4 is 5.32 Å². The Hall–Kier alpha value is -1.65. The van der Waals surface area contributed by atoms with E-state index in [0.717, 1.165) is 22.8 Å². The third-order valence-corrected chi connectivity index (χ3v) is 3.35. The molecule has 2 aromatic heterocycles. The Bertz CT molecular complexity index is 513. The summed E-state index contributed by atoms with van der Waals surface area (Å²) in [7, 11) is 0. The predicted octanol–water partition coefficient (Wildman–Crippen LogP) is 2.41. The van der Waals surface area contributed by atoms with E-state index in [1.807, 2.05) is 6.92 Å². The molecule has 0 spiro atoms. The summed E-state index contributed by atoms with van der Waals surface area (Å²) in [6.45, 7) is 1.94. The minimum absolute atomic E-state index is 0.547. The van der Waals surface area contributed by atoms with E-state index in [0.29, 0.717) is 6.04 Å². The van der Waals surface area contributed by atoms with E-state index in [9.17, 15) is 0 Å². The van der Waals surface area contributed by atoms with Crippen molar-refractivity contribution in [2.24, 2.45) is 0 Å². The van der Waals surface area contributed by atoms with Crippen molar-refractivity contribution in [1.29, 1.82) is 0 Å². The molecule has 0 aliphatic heterocycles. The summed E-state index contributed by atoms with van der Waals surface area (Å²) in [5.41, 5.74) is 1.67. The standard InChI is InChI=1S/C12H17N5/c1-8-15-10-11(16-8)13-7-14-12(10)17-9-5-3-2-4-6-9/h7,9H,2-6H2,1H3,(H2,13,14,15,16,17). The largest absolute Gasteiger partial charge is 0.365 e. The van der Waals surface area contributed by atoms with Gasteiger partial charge in [0, 0.05) is 6.04 Å². The number of imidazole rings is 1. The molecule has 1 saturated carbocycles. The van der Waals surface area contributed by atoms with Gasteiger partial charge in [0.1, 0.15) is 17.7 Å². The summed E-state index contributed by atoms with van der Waals surface area (Å²) in [4.78, 5) is 16.0. The lowest BCUT2D eigenvalue weighted by molar-refractivity contribution is 0.462. The molecule has 2 aromatic rings. The van der Waals surface area contributed by atoms with Gasteiger partial charge in [0.2, 0.25) is 0 Å². The highest BCUT2D eigenvalue weighted by Gasteiger charge is 2.15. The number of nitrogens with one attached hydrogen (secondary N) is 2. The van der Waals surface area contributed by atoms with Gasteiger partial charge in [0.05, 0.1) is 0 Å². The Morgan fingerprint density at radius 1 is 1.24 bits per heavy atom. The number of aromatic nitrogens is 4. The Morgan fingerprint density at radius 3 is 2.88 bits per heavy atom. The number of nitrogens with zero attached hydrogens (tertiary/aromatic N) is 3.